The van der Waals surface area contributed by atoms with E-state index in [0.29, 0.717) is 5.75 Å². The molecule has 124 valence electrons. The molecule has 0 aliphatic carbocycles. The summed E-state index contributed by atoms with van der Waals surface area (Å²) in [6.07, 6.45) is -6.43. The van der Waals surface area contributed by atoms with Crippen LogP contribution in [0, 0.1) is 0 Å². The van der Waals surface area contributed by atoms with Crippen molar-refractivity contribution in [3.63, 3.8) is 0 Å². The highest BCUT2D eigenvalue weighted by atomic mass is 79.9. The third-order valence-corrected chi connectivity index (χ3v) is 4.15. The fraction of sp³-hybridized carbons (Fsp3) is 0.375. The topological polar surface area (TPSA) is 91.2 Å². The summed E-state index contributed by atoms with van der Waals surface area (Å²) in [6, 6.07) is 13.0. The average Bonchev–Trinajstić information content (AvgIpc) is 2.56. The standard InChI is InChI=1S/C16H16BrO6/c17-21-8-12-13(18)14(19)15(16(20)23-12)22-11-7-3-5-9-4-1-2-6-10(9)11/h1-7,12-16,18-19H,8H2/q-1/t12-,13+,14+,15-,16-/m1/s1. The Hall–Kier alpha value is -1.22. The molecule has 0 spiro atoms. The number of hydrogen-bond donors (Lipinski definition) is 2. The van der Waals surface area contributed by atoms with Crippen LogP contribution in [-0.4, -0.2) is 47.5 Å². The molecule has 1 aliphatic heterocycles. The van der Waals surface area contributed by atoms with Crippen LogP contribution in [0.4, 0.5) is 0 Å². The van der Waals surface area contributed by atoms with E-state index in [2.05, 4.69) is 16.3 Å². The van der Waals surface area contributed by atoms with Crippen molar-refractivity contribution in [3.8, 4) is 5.75 Å². The van der Waals surface area contributed by atoms with E-state index >= 15 is 0 Å². The van der Waals surface area contributed by atoms with Gasteiger partial charge in [0.15, 0.2) is 0 Å². The van der Waals surface area contributed by atoms with Gasteiger partial charge in [-0.3, -0.25) is 0 Å². The molecule has 1 saturated heterocycles. The first kappa shape index (κ1) is 16.6. The highest BCUT2D eigenvalue weighted by Gasteiger charge is 2.41. The van der Waals surface area contributed by atoms with E-state index in [0.717, 1.165) is 10.8 Å². The van der Waals surface area contributed by atoms with Gasteiger partial charge in [0, 0.05) is 11.7 Å². The molecule has 2 N–H and O–H groups in total. The van der Waals surface area contributed by atoms with Crippen molar-refractivity contribution in [2.24, 2.45) is 0 Å². The Balaban J connectivity index is 1.84. The molecule has 3 rings (SSSR count). The maximum atomic E-state index is 12.2. The van der Waals surface area contributed by atoms with E-state index in [4.69, 9.17) is 13.3 Å². The minimum Gasteiger partial charge on any atom is -0.828 e. The number of fused-ring (bicyclic) bond motifs is 1. The second kappa shape index (κ2) is 7.12. The van der Waals surface area contributed by atoms with Crippen molar-refractivity contribution in [2.75, 3.05) is 6.61 Å². The van der Waals surface area contributed by atoms with Gasteiger partial charge in [0.05, 0.1) is 22.9 Å². The van der Waals surface area contributed by atoms with E-state index in [1.165, 1.54) is 0 Å². The third-order valence-electron chi connectivity index (χ3n) is 3.88. The van der Waals surface area contributed by atoms with Gasteiger partial charge >= 0.3 is 0 Å². The monoisotopic (exact) mass is 383 g/mol. The van der Waals surface area contributed by atoms with E-state index in [-0.39, 0.29) is 6.61 Å². The molecular weight excluding hydrogens is 368 g/mol. The Labute approximate surface area is 141 Å². The number of aliphatic hydroxyl groups is 2. The smallest absolute Gasteiger partial charge is 0.138 e. The lowest BCUT2D eigenvalue weighted by molar-refractivity contribution is -0.529. The van der Waals surface area contributed by atoms with E-state index < -0.39 is 30.7 Å². The zero-order valence-corrected chi connectivity index (χ0v) is 13.6. The van der Waals surface area contributed by atoms with Crippen LogP contribution in [0.1, 0.15) is 0 Å². The molecular formula is C16H16BrO6-. The van der Waals surface area contributed by atoms with Crippen molar-refractivity contribution in [1.82, 2.24) is 0 Å². The van der Waals surface area contributed by atoms with Gasteiger partial charge in [0.2, 0.25) is 0 Å². The fourth-order valence-electron chi connectivity index (χ4n) is 2.68. The number of aliphatic hydroxyl groups excluding tert-OH is 2. The molecule has 7 heteroatoms. The largest absolute Gasteiger partial charge is 0.828 e. The number of benzene rings is 2. The van der Waals surface area contributed by atoms with Crippen LogP contribution in [0.3, 0.4) is 0 Å². The lowest BCUT2D eigenvalue weighted by Crippen LogP contribution is -2.64. The maximum Gasteiger partial charge on any atom is 0.138 e. The summed E-state index contributed by atoms with van der Waals surface area (Å²) < 4.78 is 15.5. The summed E-state index contributed by atoms with van der Waals surface area (Å²) in [6.45, 7) is -0.0576. The second-order valence-corrected chi connectivity index (χ2v) is 5.82. The van der Waals surface area contributed by atoms with E-state index in [1.54, 1.807) is 12.1 Å². The normalized spacial score (nSPS) is 31.2. The fourth-order valence-corrected chi connectivity index (χ4v) is 2.94. The maximum absolute atomic E-state index is 12.2. The van der Waals surface area contributed by atoms with Crippen molar-refractivity contribution in [2.45, 2.75) is 30.7 Å². The quantitative estimate of drug-likeness (QED) is 0.808. The molecule has 0 aromatic heterocycles. The zero-order chi connectivity index (χ0) is 16.4. The molecule has 1 fully saturated rings. The SMILES string of the molecule is [O-][C@@H]1O[C@H](COBr)[C@H](O)[C@H](O)[C@H]1Oc1cccc2ccccc12. The van der Waals surface area contributed by atoms with Gasteiger partial charge in [-0.05, 0) is 11.5 Å². The summed E-state index contributed by atoms with van der Waals surface area (Å²) >= 11 is 2.74. The molecule has 0 unspecified atom stereocenters. The molecule has 0 bridgehead atoms. The van der Waals surface area contributed by atoms with Gasteiger partial charge in [0.1, 0.15) is 30.2 Å². The van der Waals surface area contributed by atoms with Crippen LogP contribution in [0.25, 0.3) is 10.8 Å². The van der Waals surface area contributed by atoms with E-state index in [9.17, 15) is 15.3 Å². The number of halogens is 1. The number of ether oxygens (including phenoxy) is 2. The first-order valence-corrected chi connectivity index (χ1v) is 7.82. The van der Waals surface area contributed by atoms with Crippen molar-refractivity contribution >= 4 is 27.0 Å². The van der Waals surface area contributed by atoms with Gasteiger partial charge < -0.3 is 28.6 Å². The number of hydrogen-bond acceptors (Lipinski definition) is 6. The van der Waals surface area contributed by atoms with Gasteiger partial charge in [-0.25, -0.2) is 0 Å². The molecule has 6 nitrogen and oxygen atoms in total. The molecule has 0 amide bonds. The highest BCUT2D eigenvalue weighted by molar-refractivity contribution is 9.06. The molecule has 0 saturated carbocycles. The minimum absolute atomic E-state index is 0.0576. The van der Waals surface area contributed by atoms with Crippen LogP contribution < -0.4 is 9.84 Å². The first-order chi connectivity index (χ1) is 11.1. The highest BCUT2D eigenvalue weighted by Crippen LogP contribution is 2.29. The Kier molecular flexibility index (Phi) is 5.15. The Bertz CT molecular complexity index is 661. The lowest BCUT2D eigenvalue weighted by atomic mass is 9.99. The molecule has 0 radical (unpaired) electrons. The molecule has 23 heavy (non-hydrogen) atoms. The van der Waals surface area contributed by atoms with Gasteiger partial charge in [0.25, 0.3) is 0 Å². The van der Waals surface area contributed by atoms with Gasteiger partial charge in [-0.15, -0.1) is 0 Å². The molecule has 2 aromatic rings. The first-order valence-electron chi connectivity index (χ1n) is 7.17. The van der Waals surface area contributed by atoms with Crippen LogP contribution >= 0.6 is 16.3 Å². The Morgan fingerprint density at radius 3 is 2.61 bits per heavy atom. The molecule has 1 heterocycles. The zero-order valence-electron chi connectivity index (χ0n) is 12.0. The summed E-state index contributed by atoms with van der Waals surface area (Å²) in [5.41, 5.74) is 0. The predicted molar refractivity (Wildman–Crippen MR) is 83.9 cm³/mol. The van der Waals surface area contributed by atoms with Crippen LogP contribution in [0.15, 0.2) is 42.5 Å². The summed E-state index contributed by atoms with van der Waals surface area (Å²) in [4.78, 5) is 0. The second-order valence-electron chi connectivity index (χ2n) is 5.36. The van der Waals surface area contributed by atoms with Crippen LogP contribution in [-0.2, 0) is 8.57 Å². The van der Waals surface area contributed by atoms with Crippen molar-refractivity contribution in [1.29, 1.82) is 0 Å². The van der Waals surface area contributed by atoms with E-state index in [1.807, 2.05) is 30.3 Å². The Morgan fingerprint density at radius 1 is 1.09 bits per heavy atom. The lowest BCUT2D eigenvalue weighted by Gasteiger charge is -2.45. The predicted octanol–water partition coefficient (Wildman–Crippen LogP) is 0.721. The molecule has 2 aromatic carbocycles. The average molecular weight is 384 g/mol. The summed E-state index contributed by atoms with van der Waals surface area (Å²) in [5.74, 6) is 0.457. The van der Waals surface area contributed by atoms with Crippen LogP contribution in [0.2, 0.25) is 0 Å². The van der Waals surface area contributed by atoms with Crippen molar-refractivity contribution < 1.29 is 28.6 Å². The number of rotatable bonds is 4. The third kappa shape index (κ3) is 3.35. The summed E-state index contributed by atoms with van der Waals surface area (Å²) in [5, 5.41) is 34.2. The van der Waals surface area contributed by atoms with Gasteiger partial charge in [-0.2, -0.15) is 0 Å². The summed E-state index contributed by atoms with van der Waals surface area (Å²) in [7, 11) is 0. The van der Waals surface area contributed by atoms with Crippen LogP contribution in [0.5, 0.6) is 5.75 Å². The van der Waals surface area contributed by atoms with Gasteiger partial charge in [-0.1, -0.05) is 36.4 Å². The van der Waals surface area contributed by atoms with Crippen molar-refractivity contribution in [3.05, 3.63) is 42.5 Å². The molecule has 5 atom stereocenters. The molecule has 1 aliphatic rings. The Morgan fingerprint density at radius 2 is 1.83 bits per heavy atom. The minimum atomic E-state index is -1.64.